The van der Waals surface area contributed by atoms with Crippen LogP contribution in [0, 0.1) is 12.3 Å². The standard InChI is InChI=1S/C16H26N2/c1-3-18(15-9-5-4-8-14(15)2)13-16(12-17)10-6-7-11-16/h4-5,8-9H,3,6-7,10-13,17H2,1-2H3. The topological polar surface area (TPSA) is 29.3 Å². The van der Waals surface area contributed by atoms with Gasteiger partial charge in [0.1, 0.15) is 0 Å². The molecular weight excluding hydrogens is 220 g/mol. The van der Waals surface area contributed by atoms with Gasteiger partial charge in [0.05, 0.1) is 0 Å². The van der Waals surface area contributed by atoms with Crippen LogP contribution >= 0.6 is 0 Å². The predicted molar refractivity (Wildman–Crippen MR) is 79.0 cm³/mol. The van der Waals surface area contributed by atoms with E-state index in [1.807, 2.05) is 0 Å². The fourth-order valence-electron chi connectivity index (χ4n) is 3.24. The molecule has 2 N–H and O–H groups in total. The van der Waals surface area contributed by atoms with E-state index in [0.717, 1.165) is 19.6 Å². The maximum atomic E-state index is 6.06. The van der Waals surface area contributed by atoms with Gasteiger partial charge in [-0.3, -0.25) is 0 Å². The molecule has 0 unspecified atom stereocenters. The van der Waals surface area contributed by atoms with Crippen LogP contribution < -0.4 is 10.6 Å². The molecule has 1 aromatic rings. The molecule has 1 aromatic carbocycles. The summed E-state index contributed by atoms with van der Waals surface area (Å²) in [7, 11) is 0. The highest BCUT2D eigenvalue weighted by molar-refractivity contribution is 5.53. The van der Waals surface area contributed by atoms with E-state index in [0.29, 0.717) is 5.41 Å². The van der Waals surface area contributed by atoms with E-state index in [2.05, 4.69) is 43.0 Å². The van der Waals surface area contributed by atoms with Gasteiger partial charge in [0.15, 0.2) is 0 Å². The van der Waals surface area contributed by atoms with Crippen LogP contribution in [0.3, 0.4) is 0 Å². The number of nitrogens with zero attached hydrogens (tertiary/aromatic N) is 1. The molecule has 2 nitrogen and oxygen atoms in total. The molecule has 0 spiro atoms. The van der Waals surface area contributed by atoms with Gasteiger partial charge in [-0.15, -0.1) is 0 Å². The zero-order valence-electron chi connectivity index (χ0n) is 11.8. The summed E-state index contributed by atoms with van der Waals surface area (Å²) in [4.78, 5) is 2.51. The van der Waals surface area contributed by atoms with Crippen molar-refractivity contribution >= 4 is 5.69 Å². The lowest BCUT2D eigenvalue weighted by atomic mass is 9.85. The van der Waals surface area contributed by atoms with Gasteiger partial charge in [0.2, 0.25) is 0 Å². The summed E-state index contributed by atoms with van der Waals surface area (Å²) >= 11 is 0. The quantitative estimate of drug-likeness (QED) is 0.863. The van der Waals surface area contributed by atoms with Crippen LogP contribution in [0.4, 0.5) is 5.69 Å². The van der Waals surface area contributed by atoms with Gasteiger partial charge >= 0.3 is 0 Å². The average molecular weight is 246 g/mol. The minimum atomic E-state index is 0.359. The maximum absolute atomic E-state index is 6.06. The van der Waals surface area contributed by atoms with E-state index in [-0.39, 0.29) is 0 Å². The fraction of sp³-hybridized carbons (Fsp3) is 0.625. The highest BCUT2D eigenvalue weighted by Crippen LogP contribution is 2.39. The first kappa shape index (κ1) is 13.4. The van der Waals surface area contributed by atoms with Crippen molar-refractivity contribution in [3.05, 3.63) is 29.8 Å². The number of rotatable bonds is 5. The predicted octanol–water partition coefficient (Wildman–Crippen LogP) is 3.34. The van der Waals surface area contributed by atoms with E-state index in [1.165, 1.54) is 36.9 Å². The van der Waals surface area contributed by atoms with Gasteiger partial charge in [0, 0.05) is 24.2 Å². The zero-order valence-corrected chi connectivity index (χ0v) is 11.8. The minimum absolute atomic E-state index is 0.359. The van der Waals surface area contributed by atoms with Crippen molar-refractivity contribution in [3.8, 4) is 0 Å². The largest absolute Gasteiger partial charge is 0.371 e. The average Bonchev–Trinajstić information content (AvgIpc) is 2.86. The Labute approximate surface area is 111 Å². The molecule has 18 heavy (non-hydrogen) atoms. The van der Waals surface area contributed by atoms with Gasteiger partial charge in [-0.2, -0.15) is 0 Å². The molecule has 1 aliphatic carbocycles. The van der Waals surface area contributed by atoms with Crippen LogP contribution in [-0.2, 0) is 0 Å². The third kappa shape index (κ3) is 2.69. The summed E-state index contributed by atoms with van der Waals surface area (Å²) < 4.78 is 0. The van der Waals surface area contributed by atoms with Gasteiger partial charge in [-0.05, 0) is 44.9 Å². The van der Waals surface area contributed by atoms with Crippen LogP contribution in [-0.4, -0.2) is 19.6 Å². The smallest absolute Gasteiger partial charge is 0.0396 e. The second kappa shape index (κ2) is 5.75. The molecule has 2 rings (SSSR count). The van der Waals surface area contributed by atoms with E-state index in [4.69, 9.17) is 5.73 Å². The molecular formula is C16H26N2. The highest BCUT2D eigenvalue weighted by atomic mass is 15.1. The van der Waals surface area contributed by atoms with E-state index >= 15 is 0 Å². The molecule has 0 amide bonds. The molecule has 2 heteroatoms. The molecule has 0 aromatic heterocycles. The lowest BCUT2D eigenvalue weighted by Crippen LogP contribution is -2.41. The molecule has 1 saturated carbocycles. The molecule has 0 heterocycles. The first-order valence-corrected chi connectivity index (χ1v) is 7.21. The summed E-state index contributed by atoms with van der Waals surface area (Å²) in [5, 5.41) is 0. The summed E-state index contributed by atoms with van der Waals surface area (Å²) in [5.74, 6) is 0. The van der Waals surface area contributed by atoms with Crippen LogP contribution in [0.2, 0.25) is 0 Å². The molecule has 0 bridgehead atoms. The Morgan fingerprint density at radius 1 is 1.22 bits per heavy atom. The Bertz CT molecular complexity index is 380. The number of nitrogens with two attached hydrogens (primary N) is 1. The Kier molecular flexibility index (Phi) is 4.28. The maximum Gasteiger partial charge on any atom is 0.0396 e. The van der Waals surface area contributed by atoms with Crippen molar-refractivity contribution in [2.75, 3.05) is 24.5 Å². The van der Waals surface area contributed by atoms with Crippen molar-refractivity contribution in [1.82, 2.24) is 0 Å². The van der Waals surface area contributed by atoms with Crippen molar-refractivity contribution in [2.24, 2.45) is 11.1 Å². The Morgan fingerprint density at radius 2 is 1.89 bits per heavy atom. The van der Waals surface area contributed by atoms with E-state index in [9.17, 15) is 0 Å². The summed E-state index contributed by atoms with van der Waals surface area (Å²) in [5.41, 5.74) is 9.16. The fourth-order valence-corrected chi connectivity index (χ4v) is 3.24. The van der Waals surface area contributed by atoms with Crippen LogP contribution in [0.1, 0.15) is 38.2 Å². The number of benzene rings is 1. The lowest BCUT2D eigenvalue weighted by molar-refractivity contribution is 0.312. The van der Waals surface area contributed by atoms with Crippen LogP contribution in [0.15, 0.2) is 24.3 Å². The van der Waals surface area contributed by atoms with Crippen molar-refractivity contribution in [2.45, 2.75) is 39.5 Å². The number of hydrogen-bond acceptors (Lipinski definition) is 2. The van der Waals surface area contributed by atoms with Gasteiger partial charge in [-0.25, -0.2) is 0 Å². The Morgan fingerprint density at radius 3 is 2.44 bits per heavy atom. The highest BCUT2D eigenvalue weighted by Gasteiger charge is 2.34. The van der Waals surface area contributed by atoms with E-state index < -0.39 is 0 Å². The number of aryl methyl sites for hydroxylation is 1. The lowest BCUT2D eigenvalue weighted by Gasteiger charge is -2.36. The second-order valence-corrected chi connectivity index (χ2v) is 5.71. The first-order chi connectivity index (χ1) is 8.71. The number of para-hydroxylation sites is 1. The Balaban J connectivity index is 2.17. The minimum Gasteiger partial charge on any atom is -0.371 e. The molecule has 0 aliphatic heterocycles. The summed E-state index contributed by atoms with van der Waals surface area (Å²) in [6.45, 7) is 7.44. The summed E-state index contributed by atoms with van der Waals surface area (Å²) in [6, 6.07) is 8.68. The third-order valence-electron chi connectivity index (χ3n) is 4.46. The van der Waals surface area contributed by atoms with Crippen molar-refractivity contribution in [1.29, 1.82) is 0 Å². The third-order valence-corrected chi connectivity index (χ3v) is 4.46. The van der Waals surface area contributed by atoms with Crippen molar-refractivity contribution in [3.63, 3.8) is 0 Å². The number of hydrogen-bond donors (Lipinski definition) is 1. The first-order valence-electron chi connectivity index (χ1n) is 7.21. The van der Waals surface area contributed by atoms with Crippen LogP contribution in [0.5, 0.6) is 0 Å². The second-order valence-electron chi connectivity index (χ2n) is 5.71. The SMILES string of the molecule is CCN(CC1(CN)CCCC1)c1ccccc1C. The molecule has 0 atom stereocenters. The summed E-state index contributed by atoms with van der Waals surface area (Å²) in [6.07, 6.45) is 5.29. The molecule has 100 valence electrons. The molecule has 0 radical (unpaired) electrons. The Hall–Kier alpha value is -1.02. The molecule has 0 saturated heterocycles. The molecule has 1 aliphatic rings. The zero-order chi connectivity index (χ0) is 13.0. The van der Waals surface area contributed by atoms with Gasteiger partial charge in [0.25, 0.3) is 0 Å². The van der Waals surface area contributed by atoms with Crippen molar-refractivity contribution < 1.29 is 0 Å². The van der Waals surface area contributed by atoms with Gasteiger partial charge in [-0.1, -0.05) is 31.0 Å². The van der Waals surface area contributed by atoms with Gasteiger partial charge < -0.3 is 10.6 Å². The van der Waals surface area contributed by atoms with Crippen LogP contribution in [0.25, 0.3) is 0 Å². The normalized spacial score (nSPS) is 17.9. The number of anilines is 1. The monoisotopic (exact) mass is 246 g/mol. The molecule has 1 fully saturated rings. The van der Waals surface area contributed by atoms with E-state index in [1.54, 1.807) is 0 Å².